The number of carbonyl (C=O) groups is 1. The fourth-order valence-corrected chi connectivity index (χ4v) is 1.83. The first-order chi connectivity index (χ1) is 8.58. The summed E-state index contributed by atoms with van der Waals surface area (Å²) in [6, 6.07) is 5.50. The van der Waals surface area contributed by atoms with Crippen molar-refractivity contribution in [1.82, 2.24) is 0 Å². The molecule has 0 radical (unpaired) electrons. The van der Waals surface area contributed by atoms with Gasteiger partial charge in [0.15, 0.2) is 0 Å². The lowest BCUT2D eigenvalue weighted by Crippen LogP contribution is -2.26. The third-order valence-corrected chi connectivity index (χ3v) is 2.67. The Balaban J connectivity index is 3.03. The smallest absolute Gasteiger partial charge is 0.257 e. The van der Waals surface area contributed by atoms with E-state index in [1.807, 2.05) is 0 Å². The molecule has 0 fully saturated rings. The Morgan fingerprint density at radius 1 is 1.56 bits per heavy atom. The summed E-state index contributed by atoms with van der Waals surface area (Å²) in [4.78, 5) is 21.1. The molecule has 5 nitrogen and oxygen atoms in total. The first-order valence-corrected chi connectivity index (χ1v) is 5.40. The molecule has 0 unspecified atom stereocenters. The zero-order chi connectivity index (χ0) is 13.5. The van der Waals surface area contributed by atoms with Crippen LogP contribution in [0.15, 0.2) is 24.3 Å². The molecule has 1 aromatic rings. The molecule has 0 aliphatic heterocycles. The second kappa shape index (κ2) is 6.85. The Morgan fingerprint density at radius 3 is 2.78 bits per heavy atom. The molecule has 0 heterocycles. The molecule has 0 aromatic heterocycles. The number of benzene rings is 1. The summed E-state index contributed by atoms with van der Waals surface area (Å²) in [6.07, 6.45) is 0.614. The highest BCUT2D eigenvalue weighted by Crippen LogP contribution is 2.25. The molecule has 18 heavy (non-hydrogen) atoms. The quantitative estimate of drug-likeness (QED) is 0.308. The molecule has 7 heteroatoms. The molecule has 0 amide bonds. The molecule has 0 aliphatic carbocycles. The fourth-order valence-electron chi connectivity index (χ4n) is 1.83. The summed E-state index contributed by atoms with van der Waals surface area (Å²) < 4.78 is 18.0. The lowest BCUT2D eigenvalue weighted by atomic mass is 9.87. The molecule has 2 atom stereocenters. The van der Waals surface area contributed by atoms with Gasteiger partial charge in [0.25, 0.3) is 8.05 Å². The van der Waals surface area contributed by atoms with E-state index in [0.29, 0.717) is 11.8 Å². The van der Waals surface area contributed by atoms with Crippen molar-refractivity contribution in [3.05, 3.63) is 45.8 Å². The SMILES string of the molecule is BOC[C@@H](C=O)[C@H](C[N+](=O)[O-])c1cccc(F)c1. The van der Waals surface area contributed by atoms with E-state index in [2.05, 4.69) is 0 Å². The van der Waals surface area contributed by atoms with Crippen molar-refractivity contribution in [3.8, 4) is 0 Å². The van der Waals surface area contributed by atoms with Gasteiger partial charge in [0, 0.05) is 17.4 Å². The number of nitro groups is 1. The van der Waals surface area contributed by atoms with Crippen LogP contribution in [-0.2, 0) is 9.45 Å². The number of nitrogens with zero attached hydrogens (tertiary/aromatic N) is 1. The van der Waals surface area contributed by atoms with E-state index in [4.69, 9.17) is 4.65 Å². The average molecular weight is 253 g/mol. The highest BCUT2D eigenvalue weighted by atomic mass is 19.1. The number of hydrogen-bond acceptors (Lipinski definition) is 4. The predicted octanol–water partition coefficient (Wildman–Crippen LogP) is 0.566. The number of carbonyl (C=O) groups excluding carboxylic acids is 1. The van der Waals surface area contributed by atoms with Crippen molar-refractivity contribution in [2.45, 2.75) is 5.92 Å². The zero-order valence-corrected chi connectivity index (χ0v) is 9.91. The van der Waals surface area contributed by atoms with Crippen LogP contribution in [0, 0.1) is 21.8 Å². The van der Waals surface area contributed by atoms with E-state index in [-0.39, 0.29) is 6.61 Å². The van der Waals surface area contributed by atoms with Crippen molar-refractivity contribution < 1.29 is 18.8 Å². The van der Waals surface area contributed by atoms with E-state index in [0.717, 1.165) is 0 Å². The predicted molar refractivity (Wildman–Crippen MR) is 65.1 cm³/mol. The minimum Gasteiger partial charge on any atom is -0.443 e. The zero-order valence-electron chi connectivity index (χ0n) is 9.91. The summed E-state index contributed by atoms with van der Waals surface area (Å²) in [5.74, 6) is -1.83. The third kappa shape index (κ3) is 3.92. The summed E-state index contributed by atoms with van der Waals surface area (Å²) in [5, 5.41) is 10.6. The van der Waals surface area contributed by atoms with Crippen LogP contribution in [0.25, 0.3) is 0 Å². The van der Waals surface area contributed by atoms with Crippen molar-refractivity contribution in [3.63, 3.8) is 0 Å². The Hall–Kier alpha value is -1.76. The van der Waals surface area contributed by atoms with Crippen LogP contribution in [0.2, 0.25) is 0 Å². The van der Waals surface area contributed by atoms with Crippen LogP contribution < -0.4 is 0 Å². The van der Waals surface area contributed by atoms with Crippen molar-refractivity contribution in [2.24, 2.45) is 5.92 Å². The van der Waals surface area contributed by atoms with Gasteiger partial charge in [-0.1, -0.05) is 12.1 Å². The molecular formula is C11H13BFNO4. The maximum absolute atomic E-state index is 13.1. The molecular weight excluding hydrogens is 240 g/mol. The Morgan fingerprint density at radius 2 is 2.28 bits per heavy atom. The molecule has 0 aliphatic rings. The van der Waals surface area contributed by atoms with Crippen molar-refractivity contribution in [1.29, 1.82) is 0 Å². The lowest BCUT2D eigenvalue weighted by Gasteiger charge is -2.19. The van der Waals surface area contributed by atoms with Gasteiger partial charge in [-0.25, -0.2) is 4.39 Å². The van der Waals surface area contributed by atoms with Gasteiger partial charge in [-0.05, 0) is 17.7 Å². The molecule has 0 bridgehead atoms. The van der Waals surface area contributed by atoms with Gasteiger partial charge in [0.2, 0.25) is 6.54 Å². The summed E-state index contributed by atoms with van der Waals surface area (Å²) in [6.45, 7) is -0.366. The van der Waals surface area contributed by atoms with E-state index < -0.39 is 29.1 Å². The maximum atomic E-state index is 13.1. The van der Waals surface area contributed by atoms with Crippen LogP contribution in [0.5, 0.6) is 0 Å². The standard InChI is InChI=1S/C11H13BFNO4/c12-18-7-9(6-15)11(5-14(16)17)8-2-1-3-10(13)4-8/h1-4,6,9,11H,5,7,12H2/t9-,11-/m1/s1. The second-order valence-electron chi connectivity index (χ2n) is 3.93. The topological polar surface area (TPSA) is 69.4 Å². The summed E-state index contributed by atoms with van der Waals surface area (Å²) in [7, 11) is 1.41. The highest BCUT2D eigenvalue weighted by molar-refractivity contribution is 5.98. The molecule has 96 valence electrons. The van der Waals surface area contributed by atoms with Gasteiger partial charge >= 0.3 is 0 Å². The van der Waals surface area contributed by atoms with Gasteiger partial charge in [0.05, 0.1) is 5.92 Å². The minimum atomic E-state index is -0.687. The summed E-state index contributed by atoms with van der Waals surface area (Å²) >= 11 is 0. The van der Waals surface area contributed by atoms with Gasteiger partial charge in [-0.2, -0.15) is 0 Å². The molecule has 1 rings (SSSR count). The van der Waals surface area contributed by atoms with Crippen molar-refractivity contribution in [2.75, 3.05) is 13.2 Å². The minimum absolute atomic E-state index is 0.0680. The van der Waals surface area contributed by atoms with E-state index in [1.54, 1.807) is 6.07 Å². The largest absolute Gasteiger partial charge is 0.443 e. The Labute approximate surface area is 105 Å². The van der Waals surface area contributed by atoms with Crippen molar-refractivity contribution >= 4 is 14.3 Å². The average Bonchev–Trinajstić information content (AvgIpc) is 2.33. The Kier molecular flexibility index (Phi) is 5.45. The monoisotopic (exact) mass is 253 g/mol. The van der Waals surface area contributed by atoms with Gasteiger partial charge in [-0.15, -0.1) is 0 Å². The van der Waals surface area contributed by atoms with Gasteiger partial charge in [-0.3, -0.25) is 10.1 Å². The van der Waals surface area contributed by atoms with Crippen LogP contribution >= 0.6 is 0 Å². The lowest BCUT2D eigenvalue weighted by molar-refractivity contribution is -0.484. The molecule has 0 N–H and O–H groups in total. The first kappa shape index (κ1) is 14.3. The van der Waals surface area contributed by atoms with Crippen LogP contribution in [-0.4, -0.2) is 32.4 Å². The Bertz CT molecular complexity index is 429. The number of rotatable bonds is 7. The maximum Gasteiger partial charge on any atom is 0.257 e. The van der Waals surface area contributed by atoms with Crippen LogP contribution in [0.1, 0.15) is 11.5 Å². The van der Waals surface area contributed by atoms with E-state index >= 15 is 0 Å². The number of hydrogen-bond donors (Lipinski definition) is 0. The van der Waals surface area contributed by atoms with E-state index in [1.165, 1.54) is 26.2 Å². The van der Waals surface area contributed by atoms with E-state index in [9.17, 15) is 19.3 Å². The first-order valence-electron chi connectivity index (χ1n) is 5.40. The second-order valence-corrected chi connectivity index (χ2v) is 3.93. The summed E-state index contributed by atoms with van der Waals surface area (Å²) in [5.41, 5.74) is 0.431. The van der Waals surface area contributed by atoms with Crippen LogP contribution in [0.3, 0.4) is 0 Å². The number of aldehydes is 1. The van der Waals surface area contributed by atoms with Crippen LogP contribution in [0.4, 0.5) is 4.39 Å². The molecule has 0 saturated carbocycles. The molecule has 1 aromatic carbocycles. The fraction of sp³-hybridized carbons (Fsp3) is 0.364. The normalized spacial score (nSPS) is 13.8. The highest BCUT2D eigenvalue weighted by Gasteiger charge is 2.27. The van der Waals surface area contributed by atoms with Gasteiger partial charge < -0.3 is 9.45 Å². The number of halogens is 1. The molecule has 0 spiro atoms. The molecule has 0 saturated heterocycles. The third-order valence-electron chi connectivity index (χ3n) is 2.67. The van der Waals surface area contributed by atoms with Gasteiger partial charge in [0.1, 0.15) is 12.1 Å².